The number of carbonyl (C=O) groups excluding carboxylic acids is 1. The number of hydrogen-bond donors (Lipinski definition) is 1. The zero-order valence-corrected chi connectivity index (χ0v) is 11.9. The molecule has 0 saturated carbocycles. The molecule has 1 amide bonds. The number of nitrogens with zero attached hydrogens (tertiary/aromatic N) is 3. The molecule has 0 aromatic carbocycles. The van der Waals surface area contributed by atoms with Crippen molar-refractivity contribution in [2.24, 2.45) is 0 Å². The minimum absolute atomic E-state index is 0.0718. The molecule has 0 fully saturated rings. The molecule has 2 rings (SSSR count). The lowest BCUT2D eigenvalue weighted by molar-refractivity contribution is 0.0944. The molecular weight excluding hydrogens is 240 g/mol. The fourth-order valence-electron chi connectivity index (χ4n) is 2.02. The number of pyridine rings is 1. The van der Waals surface area contributed by atoms with E-state index in [-0.39, 0.29) is 5.91 Å². The Bertz CT molecular complexity index is 601. The molecule has 0 aliphatic heterocycles. The summed E-state index contributed by atoms with van der Waals surface area (Å²) in [7, 11) is 3.96. The van der Waals surface area contributed by atoms with Gasteiger partial charge in [-0.05, 0) is 39.6 Å². The third-order valence-corrected chi connectivity index (χ3v) is 3.00. The van der Waals surface area contributed by atoms with Crippen molar-refractivity contribution in [1.29, 1.82) is 0 Å². The topological polar surface area (TPSA) is 49.6 Å². The van der Waals surface area contributed by atoms with Crippen LogP contribution >= 0.6 is 0 Å². The summed E-state index contributed by atoms with van der Waals surface area (Å²) in [6.45, 7) is 5.32. The van der Waals surface area contributed by atoms with Crippen LogP contribution < -0.4 is 5.32 Å². The Morgan fingerprint density at radius 1 is 1.37 bits per heavy atom. The summed E-state index contributed by atoms with van der Waals surface area (Å²) in [6.07, 6.45) is 1.94. The second-order valence-corrected chi connectivity index (χ2v) is 5.04. The average molecular weight is 260 g/mol. The second-order valence-electron chi connectivity index (χ2n) is 5.04. The first-order valence-electron chi connectivity index (χ1n) is 6.37. The number of aryl methyl sites for hydroxylation is 2. The Hall–Kier alpha value is -1.88. The van der Waals surface area contributed by atoms with Crippen molar-refractivity contribution >= 4 is 11.6 Å². The van der Waals surface area contributed by atoms with Gasteiger partial charge in [0.2, 0.25) is 0 Å². The van der Waals surface area contributed by atoms with Crippen molar-refractivity contribution in [3.05, 3.63) is 35.3 Å². The first kappa shape index (κ1) is 13.5. The number of carbonyl (C=O) groups is 1. The first-order valence-corrected chi connectivity index (χ1v) is 6.37. The molecule has 0 radical (unpaired) electrons. The third-order valence-electron chi connectivity index (χ3n) is 3.00. The molecule has 0 unspecified atom stereocenters. The highest BCUT2D eigenvalue weighted by molar-refractivity contribution is 5.94. The van der Waals surface area contributed by atoms with Crippen LogP contribution in [-0.2, 0) is 0 Å². The number of aromatic nitrogens is 2. The van der Waals surface area contributed by atoms with E-state index in [4.69, 9.17) is 0 Å². The summed E-state index contributed by atoms with van der Waals surface area (Å²) in [5.41, 5.74) is 3.29. The van der Waals surface area contributed by atoms with Crippen molar-refractivity contribution in [3.8, 4) is 0 Å². The van der Waals surface area contributed by atoms with E-state index in [0.717, 1.165) is 23.4 Å². The largest absolute Gasteiger partial charge is 0.349 e. The molecule has 2 heterocycles. The van der Waals surface area contributed by atoms with E-state index in [1.807, 2.05) is 55.6 Å². The van der Waals surface area contributed by atoms with Gasteiger partial charge in [-0.15, -0.1) is 0 Å². The van der Waals surface area contributed by atoms with Gasteiger partial charge in [0.05, 0.1) is 5.69 Å². The Balaban J connectivity index is 2.26. The van der Waals surface area contributed by atoms with E-state index in [1.165, 1.54) is 0 Å². The maximum Gasteiger partial charge on any atom is 0.270 e. The summed E-state index contributed by atoms with van der Waals surface area (Å²) in [5, 5.41) is 2.93. The van der Waals surface area contributed by atoms with Crippen LogP contribution in [0.2, 0.25) is 0 Å². The van der Waals surface area contributed by atoms with Gasteiger partial charge in [0.25, 0.3) is 5.91 Å². The minimum atomic E-state index is -0.0718. The van der Waals surface area contributed by atoms with Crippen LogP contribution in [0.4, 0.5) is 0 Å². The molecule has 1 N–H and O–H groups in total. The molecule has 19 heavy (non-hydrogen) atoms. The Labute approximate surface area is 113 Å². The molecule has 0 aliphatic rings. The third kappa shape index (κ3) is 2.93. The van der Waals surface area contributed by atoms with Crippen LogP contribution in [0.25, 0.3) is 5.65 Å². The molecular formula is C14H20N4O. The number of hydrogen-bond acceptors (Lipinski definition) is 3. The van der Waals surface area contributed by atoms with Crippen molar-refractivity contribution < 1.29 is 4.79 Å². The molecule has 2 aromatic rings. The number of rotatable bonds is 4. The Morgan fingerprint density at radius 3 is 2.79 bits per heavy atom. The van der Waals surface area contributed by atoms with Crippen LogP contribution in [0.1, 0.15) is 21.7 Å². The SMILES string of the molecule is Cc1ccc2nc(C)c(C(=O)NCCN(C)C)n2c1. The lowest BCUT2D eigenvalue weighted by Gasteiger charge is -2.10. The minimum Gasteiger partial charge on any atom is -0.349 e. The quantitative estimate of drug-likeness (QED) is 0.900. The highest BCUT2D eigenvalue weighted by Crippen LogP contribution is 2.13. The van der Waals surface area contributed by atoms with E-state index < -0.39 is 0 Å². The monoisotopic (exact) mass is 260 g/mol. The van der Waals surface area contributed by atoms with E-state index in [1.54, 1.807) is 0 Å². The van der Waals surface area contributed by atoms with E-state index in [0.29, 0.717) is 12.2 Å². The molecule has 0 atom stereocenters. The zero-order chi connectivity index (χ0) is 14.0. The van der Waals surface area contributed by atoms with Crippen molar-refractivity contribution in [2.45, 2.75) is 13.8 Å². The predicted octanol–water partition coefficient (Wildman–Crippen LogP) is 1.24. The lowest BCUT2D eigenvalue weighted by atomic mass is 10.3. The van der Waals surface area contributed by atoms with E-state index >= 15 is 0 Å². The van der Waals surface area contributed by atoms with Crippen LogP contribution in [0.3, 0.4) is 0 Å². The number of fused-ring (bicyclic) bond motifs is 1. The highest BCUT2D eigenvalue weighted by atomic mass is 16.1. The highest BCUT2D eigenvalue weighted by Gasteiger charge is 2.15. The Kier molecular flexibility index (Phi) is 3.85. The molecule has 2 aromatic heterocycles. The number of nitrogens with one attached hydrogen (secondary N) is 1. The summed E-state index contributed by atoms with van der Waals surface area (Å²) in [5.74, 6) is -0.0718. The van der Waals surface area contributed by atoms with Gasteiger partial charge in [-0.25, -0.2) is 4.98 Å². The van der Waals surface area contributed by atoms with Crippen LogP contribution in [0.15, 0.2) is 18.3 Å². The van der Waals surface area contributed by atoms with Crippen molar-refractivity contribution in [1.82, 2.24) is 19.6 Å². The zero-order valence-electron chi connectivity index (χ0n) is 11.9. The molecule has 0 spiro atoms. The molecule has 5 heteroatoms. The number of likely N-dealkylation sites (N-methyl/N-ethyl adjacent to an activating group) is 1. The molecule has 102 valence electrons. The second kappa shape index (κ2) is 5.40. The van der Waals surface area contributed by atoms with Crippen LogP contribution in [0.5, 0.6) is 0 Å². The van der Waals surface area contributed by atoms with Gasteiger partial charge < -0.3 is 10.2 Å². The van der Waals surface area contributed by atoms with Gasteiger partial charge in [-0.1, -0.05) is 6.07 Å². The smallest absolute Gasteiger partial charge is 0.270 e. The van der Waals surface area contributed by atoms with Gasteiger partial charge in [0.1, 0.15) is 11.3 Å². The van der Waals surface area contributed by atoms with Gasteiger partial charge in [-0.3, -0.25) is 9.20 Å². The number of imidazole rings is 1. The first-order chi connectivity index (χ1) is 8.99. The standard InChI is InChI=1S/C14H20N4O/c1-10-5-6-12-16-11(2)13(18(12)9-10)14(19)15-7-8-17(3)4/h5-6,9H,7-8H2,1-4H3,(H,15,19). The fraction of sp³-hybridized carbons (Fsp3) is 0.429. The van der Waals surface area contributed by atoms with E-state index in [2.05, 4.69) is 10.3 Å². The fourth-order valence-corrected chi connectivity index (χ4v) is 2.02. The van der Waals surface area contributed by atoms with Gasteiger partial charge in [0, 0.05) is 19.3 Å². The molecule has 5 nitrogen and oxygen atoms in total. The molecule has 0 saturated heterocycles. The maximum absolute atomic E-state index is 12.2. The van der Waals surface area contributed by atoms with Crippen LogP contribution in [0, 0.1) is 13.8 Å². The lowest BCUT2D eigenvalue weighted by Crippen LogP contribution is -2.32. The molecule has 0 aliphatic carbocycles. The Morgan fingerprint density at radius 2 is 2.11 bits per heavy atom. The normalized spacial score (nSPS) is 11.2. The van der Waals surface area contributed by atoms with Gasteiger partial charge in [-0.2, -0.15) is 0 Å². The predicted molar refractivity (Wildman–Crippen MR) is 75.6 cm³/mol. The van der Waals surface area contributed by atoms with Gasteiger partial charge in [0.15, 0.2) is 0 Å². The number of amides is 1. The van der Waals surface area contributed by atoms with Crippen molar-refractivity contribution in [2.75, 3.05) is 27.2 Å². The van der Waals surface area contributed by atoms with Crippen LogP contribution in [-0.4, -0.2) is 47.4 Å². The average Bonchev–Trinajstić information content (AvgIpc) is 2.63. The summed E-state index contributed by atoms with van der Waals surface area (Å²) in [6, 6.07) is 3.93. The molecule has 0 bridgehead atoms. The summed E-state index contributed by atoms with van der Waals surface area (Å²) in [4.78, 5) is 18.7. The van der Waals surface area contributed by atoms with Gasteiger partial charge >= 0.3 is 0 Å². The maximum atomic E-state index is 12.2. The van der Waals surface area contributed by atoms with Crippen molar-refractivity contribution in [3.63, 3.8) is 0 Å². The summed E-state index contributed by atoms with van der Waals surface area (Å²) < 4.78 is 1.86. The van der Waals surface area contributed by atoms with E-state index in [9.17, 15) is 4.79 Å². The summed E-state index contributed by atoms with van der Waals surface area (Å²) >= 11 is 0.